The Morgan fingerprint density at radius 3 is 2.29 bits per heavy atom. The molecule has 0 fully saturated rings. The van der Waals surface area contributed by atoms with Crippen LogP contribution in [-0.4, -0.2) is 59.9 Å². The summed E-state index contributed by atoms with van der Waals surface area (Å²) in [5.74, 6) is -0.179. The van der Waals surface area contributed by atoms with E-state index < -0.39 is 0 Å². The third kappa shape index (κ3) is 8.79. The molecule has 1 heterocycles. The van der Waals surface area contributed by atoms with Crippen molar-refractivity contribution in [2.45, 2.75) is 52.0 Å². The molecule has 1 aromatic heterocycles. The van der Waals surface area contributed by atoms with Crippen molar-refractivity contribution in [1.82, 2.24) is 14.8 Å². The number of para-hydroxylation sites is 1. The van der Waals surface area contributed by atoms with E-state index in [4.69, 9.17) is 4.74 Å². The lowest BCUT2D eigenvalue weighted by molar-refractivity contribution is -0.132. The molecule has 0 saturated carbocycles. The molecule has 4 aromatic rings. The summed E-state index contributed by atoms with van der Waals surface area (Å²) in [6.07, 6.45) is 7.97. The molecule has 0 aliphatic heterocycles. The number of aromatic nitrogens is 1. The van der Waals surface area contributed by atoms with Gasteiger partial charge >= 0.3 is 0 Å². The lowest BCUT2D eigenvalue weighted by atomic mass is 10.0. The van der Waals surface area contributed by atoms with E-state index in [1.54, 1.807) is 12.0 Å². The van der Waals surface area contributed by atoms with E-state index >= 15 is 0 Å². The van der Waals surface area contributed by atoms with Gasteiger partial charge in [0.05, 0.1) is 0 Å². The molecule has 216 valence electrons. The number of aryl methyl sites for hydroxylation is 1. The summed E-state index contributed by atoms with van der Waals surface area (Å²) in [7, 11) is 1.65. The smallest absolute Gasteiger partial charge is 0.254 e. The number of nitrogens with one attached hydrogen (secondary N) is 1. The van der Waals surface area contributed by atoms with Gasteiger partial charge in [-0.25, -0.2) is 0 Å². The third-order valence-corrected chi connectivity index (χ3v) is 7.55. The average Bonchev–Trinajstić information content (AvgIpc) is 3.42. The minimum atomic E-state index is -0.120. The first-order chi connectivity index (χ1) is 20.1. The molecular formula is C35H43N3O3. The van der Waals surface area contributed by atoms with Gasteiger partial charge in [-0.2, -0.15) is 0 Å². The standard InChI is InChI=1S/C35H43N3O3/c1-3-4-6-12-28-17-19-30(20-18-28)35(40)38(22-11-24-41-2)27-34(39)37(26-29-13-7-5-8-14-29)23-21-31-25-36-33-16-10-9-15-32(31)33/h5,7-10,13-20,25,36H,3-4,6,11-12,21-24,26-27H2,1-2H3. The van der Waals surface area contributed by atoms with Gasteiger partial charge in [0, 0.05) is 56.0 Å². The first-order valence-corrected chi connectivity index (χ1v) is 14.8. The molecular weight excluding hydrogens is 510 g/mol. The van der Waals surface area contributed by atoms with E-state index in [0.717, 1.165) is 30.3 Å². The van der Waals surface area contributed by atoms with E-state index in [-0.39, 0.29) is 18.4 Å². The maximum absolute atomic E-state index is 13.8. The number of carbonyl (C=O) groups is 2. The molecule has 3 aromatic carbocycles. The number of aromatic amines is 1. The Morgan fingerprint density at radius 2 is 1.54 bits per heavy atom. The van der Waals surface area contributed by atoms with Crippen molar-refractivity contribution in [2.24, 2.45) is 0 Å². The third-order valence-electron chi connectivity index (χ3n) is 7.55. The van der Waals surface area contributed by atoms with Crippen LogP contribution in [0.3, 0.4) is 0 Å². The van der Waals surface area contributed by atoms with Crippen LogP contribution in [-0.2, 0) is 28.9 Å². The molecule has 0 aliphatic rings. The van der Waals surface area contributed by atoms with Gasteiger partial charge in [0.15, 0.2) is 0 Å². The number of ether oxygens (including phenoxy) is 1. The summed E-state index contributed by atoms with van der Waals surface area (Å²) in [6, 6.07) is 26.1. The van der Waals surface area contributed by atoms with E-state index in [1.807, 2.05) is 77.8 Å². The number of carbonyl (C=O) groups excluding carboxylic acids is 2. The number of rotatable bonds is 16. The van der Waals surface area contributed by atoms with Gasteiger partial charge in [0.25, 0.3) is 5.91 Å². The van der Waals surface area contributed by atoms with Gasteiger partial charge in [-0.05, 0) is 60.6 Å². The van der Waals surface area contributed by atoms with Gasteiger partial charge in [-0.3, -0.25) is 9.59 Å². The number of H-pyrrole nitrogens is 1. The van der Waals surface area contributed by atoms with Gasteiger partial charge in [0.1, 0.15) is 6.54 Å². The second kappa shape index (κ2) is 15.8. The first-order valence-electron chi connectivity index (χ1n) is 14.8. The van der Waals surface area contributed by atoms with E-state index in [9.17, 15) is 9.59 Å². The second-order valence-corrected chi connectivity index (χ2v) is 10.6. The number of methoxy groups -OCH3 is 1. The normalized spacial score (nSPS) is 11.1. The maximum atomic E-state index is 13.8. The van der Waals surface area contributed by atoms with Crippen molar-refractivity contribution in [1.29, 1.82) is 0 Å². The molecule has 4 rings (SSSR count). The lowest BCUT2D eigenvalue weighted by Crippen LogP contribution is -2.44. The number of amides is 2. The van der Waals surface area contributed by atoms with Gasteiger partial charge in [-0.15, -0.1) is 0 Å². The fourth-order valence-corrected chi connectivity index (χ4v) is 5.18. The van der Waals surface area contributed by atoms with Gasteiger partial charge in [0.2, 0.25) is 5.91 Å². The average molecular weight is 554 g/mol. The van der Waals surface area contributed by atoms with Crippen LogP contribution in [0.4, 0.5) is 0 Å². The Kier molecular flexibility index (Phi) is 11.6. The number of benzene rings is 3. The molecule has 0 aliphatic carbocycles. The molecule has 0 unspecified atom stereocenters. The van der Waals surface area contributed by atoms with E-state index in [1.165, 1.54) is 29.4 Å². The Labute approximate surface area is 244 Å². The summed E-state index contributed by atoms with van der Waals surface area (Å²) >= 11 is 0. The zero-order chi connectivity index (χ0) is 28.9. The molecule has 0 radical (unpaired) electrons. The van der Waals surface area contributed by atoms with Gasteiger partial charge in [-0.1, -0.05) is 80.4 Å². The topological polar surface area (TPSA) is 65.6 Å². The number of nitrogens with zero attached hydrogens (tertiary/aromatic N) is 2. The van der Waals surface area contributed by atoms with Crippen LogP contribution in [0, 0.1) is 0 Å². The fourth-order valence-electron chi connectivity index (χ4n) is 5.18. The molecule has 6 nitrogen and oxygen atoms in total. The second-order valence-electron chi connectivity index (χ2n) is 10.6. The van der Waals surface area contributed by atoms with Crippen molar-refractivity contribution >= 4 is 22.7 Å². The van der Waals surface area contributed by atoms with Crippen LogP contribution < -0.4 is 0 Å². The van der Waals surface area contributed by atoms with Crippen LogP contribution in [0.15, 0.2) is 85.1 Å². The minimum Gasteiger partial charge on any atom is -0.385 e. The monoisotopic (exact) mass is 553 g/mol. The SMILES string of the molecule is CCCCCc1ccc(C(=O)N(CCCOC)CC(=O)N(CCc2c[nH]c3ccccc23)Cc2ccccc2)cc1. The molecule has 0 saturated heterocycles. The van der Waals surface area contributed by atoms with Crippen LogP contribution >= 0.6 is 0 Å². The number of hydrogen-bond donors (Lipinski definition) is 1. The Morgan fingerprint density at radius 1 is 0.780 bits per heavy atom. The first kappa shape index (κ1) is 30.1. The summed E-state index contributed by atoms with van der Waals surface area (Å²) in [6.45, 7) is 4.27. The van der Waals surface area contributed by atoms with Crippen LogP contribution in [0.5, 0.6) is 0 Å². The quantitative estimate of drug-likeness (QED) is 0.158. The summed E-state index contributed by atoms with van der Waals surface area (Å²) in [5, 5.41) is 1.18. The zero-order valence-corrected chi connectivity index (χ0v) is 24.5. The molecule has 0 bridgehead atoms. The van der Waals surface area contributed by atoms with Crippen LogP contribution in [0.2, 0.25) is 0 Å². The summed E-state index contributed by atoms with van der Waals surface area (Å²) in [4.78, 5) is 34.4. The Hall–Kier alpha value is -3.90. The highest BCUT2D eigenvalue weighted by atomic mass is 16.5. The van der Waals surface area contributed by atoms with Crippen LogP contribution in [0.25, 0.3) is 10.9 Å². The van der Waals surface area contributed by atoms with Crippen molar-refractivity contribution < 1.29 is 14.3 Å². The predicted octanol–water partition coefficient (Wildman–Crippen LogP) is 6.65. The van der Waals surface area contributed by atoms with Gasteiger partial charge < -0.3 is 19.5 Å². The number of hydrogen-bond acceptors (Lipinski definition) is 3. The van der Waals surface area contributed by atoms with Crippen LogP contribution in [0.1, 0.15) is 59.7 Å². The van der Waals surface area contributed by atoms with E-state index in [2.05, 4.69) is 24.0 Å². The molecule has 6 heteroatoms. The highest BCUT2D eigenvalue weighted by molar-refractivity contribution is 5.96. The Bertz CT molecular complexity index is 1360. The van der Waals surface area contributed by atoms with Crippen molar-refractivity contribution in [3.63, 3.8) is 0 Å². The highest BCUT2D eigenvalue weighted by Gasteiger charge is 2.23. The molecule has 1 N–H and O–H groups in total. The molecule has 2 amide bonds. The summed E-state index contributed by atoms with van der Waals surface area (Å²) < 4.78 is 5.25. The number of fused-ring (bicyclic) bond motifs is 1. The zero-order valence-electron chi connectivity index (χ0n) is 24.5. The summed E-state index contributed by atoms with van der Waals surface area (Å²) in [5.41, 5.74) is 5.19. The fraction of sp³-hybridized carbons (Fsp3) is 0.371. The van der Waals surface area contributed by atoms with Crippen molar-refractivity contribution in [3.05, 3.63) is 107 Å². The molecule has 0 atom stereocenters. The van der Waals surface area contributed by atoms with E-state index in [0.29, 0.717) is 38.2 Å². The molecule has 41 heavy (non-hydrogen) atoms. The maximum Gasteiger partial charge on any atom is 0.254 e. The highest BCUT2D eigenvalue weighted by Crippen LogP contribution is 2.19. The largest absolute Gasteiger partial charge is 0.385 e. The Balaban J connectivity index is 1.49. The number of unbranched alkanes of at least 4 members (excludes halogenated alkanes) is 2. The van der Waals surface area contributed by atoms with Crippen molar-refractivity contribution in [3.8, 4) is 0 Å². The predicted molar refractivity (Wildman–Crippen MR) is 166 cm³/mol. The minimum absolute atomic E-state index is 0.0293. The van der Waals surface area contributed by atoms with Crippen molar-refractivity contribution in [2.75, 3.05) is 33.4 Å². The lowest BCUT2D eigenvalue weighted by Gasteiger charge is -2.28. The molecule has 0 spiro atoms.